The van der Waals surface area contributed by atoms with E-state index in [2.05, 4.69) is 26.2 Å². The number of sulfonamides is 1. The summed E-state index contributed by atoms with van der Waals surface area (Å²) in [5, 5.41) is 6.76. The first kappa shape index (κ1) is 21.4. The van der Waals surface area contributed by atoms with Crippen molar-refractivity contribution >= 4 is 21.7 Å². The number of nitrogens with one attached hydrogen (secondary N) is 2. The molecule has 172 valence electrons. The van der Waals surface area contributed by atoms with Gasteiger partial charge in [-0.05, 0) is 68.9 Å². The van der Waals surface area contributed by atoms with Crippen LogP contribution in [0.5, 0.6) is 5.88 Å². The molecular weight excluding hydrogens is 442 g/mol. The summed E-state index contributed by atoms with van der Waals surface area (Å²) < 4.78 is 35.3. The number of urea groups is 1. The predicted molar refractivity (Wildman–Crippen MR) is 123 cm³/mol. The Balaban J connectivity index is 1.68. The van der Waals surface area contributed by atoms with Crippen molar-refractivity contribution in [2.24, 2.45) is 0 Å². The van der Waals surface area contributed by atoms with E-state index in [9.17, 15) is 13.2 Å². The first-order valence-corrected chi connectivity index (χ1v) is 12.3. The maximum absolute atomic E-state index is 12.9. The van der Waals surface area contributed by atoms with Crippen LogP contribution in [0, 0.1) is 6.92 Å². The van der Waals surface area contributed by atoms with Gasteiger partial charge in [-0.2, -0.15) is 13.5 Å². The van der Waals surface area contributed by atoms with E-state index in [4.69, 9.17) is 4.74 Å². The van der Waals surface area contributed by atoms with Gasteiger partial charge in [0, 0.05) is 23.5 Å². The summed E-state index contributed by atoms with van der Waals surface area (Å²) in [4.78, 5) is 17.4. The number of fused-ring (bicyclic) bond motifs is 8. The molecule has 0 saturated heterocycles. The summed E-state index contributed by atoms with van der Waals surface area (Å²) in [7, 11) is -4.16. The van der Waals surface area contributed by atoms with Crippen LogP contribution in [0.3, 0.4) is 0 Å². The number of amides is 2. The van der Waals surface area contributed by atoms with E-state index in [0.717, 1.165) is 47.2 Å². The molecule has 33 heavy (non-hydrogen) atoms. The molecule has 4 bridgehead atoms. The normalized spacial score (nSPS) is 18.6. The van der Waals surface area contributed by atoms with Crippen LogP contribution >= 0.6 is 0 Å². The highest BCUT2D eigenvalue weighted by Gasteiger charge is 2.29. The second kappa shape index (κ2) is 7.58. The molecule has 0 unspecified atom stereocenters. The molecule has 3 aromatic rings. The van der Waals surface area contributed by atoms with Gasteiger partial charge in [-0.15, -0.1) is 0 Å². The smallest absolute Gasteiger partial charge is 0.333 e. The molecule has 9 nitrogen and oxygen atoms in total. The number of ether oxygens (including phenoxy) is 1. The van der Waals surface area contributed by atoms with Crippen LogP contribution in [0.25, 0.3) is 11.1 Å². The van der Waals surface area contributed by atoms with E-state index in [0.29, 0.717) is 11.6 Å². The second-order valence-corrected chi connectivity index (χ2v) is 10.7. The fraction of sp³-hybridized carbons (Fsp3) is 0.348. The molecule has 1 aliphatic carbocycles. The molecule has 2 N–H and O–H groups in total. The standard InChI is InChI=1S/C23H25N5O4S/c1-14-11-16-12-19(24-14)32-13-23(2,3)28-10-9-20(26-28)33(30,31)27-22(29)25-21-17-6-4-5-15(17)7-8-18(16)21/h7-12H,4-6,13H2,1-3H3,(H2,25,27,29). The average molecular weight is 468 g/mol. The highest BCUT2D eigenvalue weighted by Crippen LogP contribution is 2.38. The van der Waals surface area contributed by atoms with Gasteiger partial charge in [0.25, 0.3) is 10.0 Å². The molecule has 2 aliphatic rings. The molecule has 2 amide bonds. The van der Waals surface area contributed by atoms with Crippen molar-refractivity contribution in [3.63, 3.8) is 0 Å². The minimum absolute atomic E-state index is 0.214. The van der Waals surface area contributed by atoms with E-state index in [1.165, 1.54) is 10.7 Å². The van der Waals surface area contributed by atoms with Crippen LogP contribution in [-0.2, 0) is 28.4 Å². The van der Waals surface area contributed by atoms with Crippen molar-refractivity contribution in [2.45, 2.75) is 50.6 Å². The van der Waals surface area contributed by atoms with Crippen LogP contribution < -0.4 is 14.8 Å². The summed E-state index contributed by atoms with van der Waals surface area (Å²) in [5.74, 6) is 0.448. The summed E-state index contributed by atoms with van der Waals surface area (Å²) in [5.41, 5.74) is 4.50. The van der Waals surface area contributed by atoms with Crippen molar-refractivity contribution in [3.05, 3.63) is 53.3 Å². The summed E-state index contributed by atoms with van der Waals surface area (Å²) in [6, 6.07) is 8.31. The minimum atomic E-state index is -4.16. The summed E-state index contributed by atoms with van der Waals surface area (Å²) in [6.45, 7) is 5.86. The quantitative estimate of drug-likeness (QED) is 0.524. The zero-order valence-electron chi connectivity index (χ0n) is 18.7. The molecule has 10 heteroatoms. The fourth-order valence-corrected chi connectivity index (χ4v) is 5.17. The first-order valence-electron chi connectivity index (χ1n) is 10.8. The molecule has 0 atom stereocenters. The number of aryl methyl sites for hydroxylation is 2. The minimum Gasteiger partial charge on any atom is -0.475 e. The van der Waals surface area contributed by atoms with Gasteiger partial charge in [-0.3, -0.25) is 4.68 Å². The maximum Gasteiger partial charge on any atom is 0.333 e. The van der Waals surface area contributed by atoms with Crippen LogP contribution in [0.4, 0.5) is 10.5 Å². The van der Waals surface area contributed by atoms with Crippen molar-refractivity contribution in [1.29, 1.82) is 0 Å². The van der Waals surface area contributed by atoms with Crippen molar-refractivity contribution in [3.8, 4) is 17.0 Å². The van der Waals surface area contributed by atoms with Crippen LogP contribution in [-0.4, -0.2) is 35.8 Å². The Morgan fingerprint density at radius 1 is 1.15 bits per heavy atom. The molecule has 0 saturated carbocycles. The predicted octanol–water partition coefficient (Wildman–Crippen LogP) is 3.38. The number of carbonyl (C=O) groups is 1. The summed E-state index contributed by atoms with van der Waals surface area (Å²) >= 11 is 0. The van der Waals surface area contributed by atoms with Gasteiger partial charge >= 0.3 is 6.03 Å². The lowest BCUT2D eigenvalue weighted by molar-refractivity contribution is 0.164. The van der Waals surface area contributed by atoms with Gasteiger partial charge < -0.3 is 10.1 Å². The molecule has 0 fully saturated rings. The fourth-order valence-electron chi connectivity index (χ4n) is 4.33. The van der Waals surface area contributed by atoms with E-state index in [1.54, 1.807) is 6.20 Å². The number of aromatic nitrogens is 3. The van der Waals surface area contributed by atoms with Gasteiger partial charge in [0.05, 0.1) is 11.2 Å². The molecule has 3 heterocycles. The molecule has 0 radical (unpaired) electrons. The number of pyridine rings is 1. The highest BCUT2D eigenvalue weighted by molar-refractivity contribution is 7.90. The SMILES string of the molecule is Cc1cc2cc(n1)OCC(C)(C)n1ccc(n1)S(=O)(=O)NC(=O)Nc1c-2ccc2c1CCC2. The molecule has 2 aromatic heterocycles. The highest BCUT2D eigenvalue weighted by atomic mass is 32.2. The monoisotopic (exact) mass is 467 g/mol. The van der Waals surface area contributed by atoms with Crippen molar-refractivity contribution in [1.82, 2.24) is 19.5 Å². The van der Waals surface area contributed by atoms with E-state index >= 15 is 0 Å². The number of hydrogen-bond donors (Lipinski definition) is 2. The van der Waals surface area contributed by atoms with Gasteiger partial charge in [0.2, 0.25) is 5.88 Å². The van der Waals surface area contributed by atoms with E-state index < -0.39 is 21.6 Å². The van der Waals surface area contributed by atoms with E-state index in [-0.39, 0.29) is 11.6 Å². The van der Waals surface area contributed by atoms with Gasteiger partial charge in [0.15, 0.2) is 5.03 Å². The summed E-state index contributed by atoms with van der Waals surface area (Å²) in [6.07, 6.45) is 4.25. The molecular formula is C23H25N5O4S. The Hall–Kier alpha value is -3.40. The third-order valence-electron chi connectivity index (χ3n) is 6.02. The molecule has 5 rings (SSSR count). The Morgan fingerprint density at radius 2 is 1.97 bits per heavy atom. The molecule has 1 aliphatic heterocycles. The first-order chi connectivity index (χ1) is 15.6. The zero-order chi connectivity index (χ0) is 23.4. The Labute approximate surface area is 192 Å². The lowest BCUT2D eigenvalue weighted by Gasteiger charge is -2.25. The third-order valence-corrected chi connectivity index (χ3v) is 7.25. The van der Waals surface area contributed by atoms with Crippen LogP contribution in [0.2, 0.25) is 0 Å². The Kier molecular flexibility index (Phi) is 4.93. The zero-order valence-corrected chi connectivity index (χ0v) is 19.5. The second-order valence-electron chi connectivity index (χ2n) is 9.07. The average Bonchev–Trinajstić information content (AvgIpc) is 3.42. The number of nitrogens with zero attached hydrogens (tertiary/aromatic N) is 3. The maximum atomic E-state index is 12.9. The number of anilines is 1. The van der Waals surface area contributed by atoms with Crippen molar-refractivity contribution < 1.29 is 17.9 Å². The lowest BCUT2D eigenvalue weighted by Crippen LogP contribution is -2.36. The van der Waals surface area contributed by atoms with Crippen LogP contribution in [0.15, 0.2) is 41.6 Å². The number of benzene rings is 1. The van der Waals surface area contributed by atoms with Gasteiger partial charge in [0.1, 0.15) is 6.61 Å². The number of hydrogen-bond acceptors (Lipinski definition) is 6. The number of carbonyl (C=O) groups excluding carboxylic acids is 1. The third kappa shape index (κ3) is 3.95. The topological polar surface area (TPSA) is 115 Å². The van der Waals surface area contributed by atoms with Gasteiger partial charge in [-0.1, -0.05) is 12.1 Å². The van der Waals surface area contributed by atoms with Crippen LogP contribution in [0.1, 0.15) is 37.1 Å². The van der Waals surface area contributed by atoms with Crippen molar-refractivity contribution in [2.75, 3.05) is 11.9 Å². The lowest BCUT2D eigenvalue weighted by atomic mass is 9.97. The largest absolute Gasteiger partial charge is 0.475 e. The van der Waals surface area contributed by atoms with E-state index in [1.807, 2.05) is 39.0 Å². The van der Waals surface area contributed by atoms with Gasteiger partial charge in [-0.25, -0.2) is 14.5 Å². The molecule has 0 spiro atoms. The Morgan fingerprint density at radius 3 is 2.79 bits per heavy atom. The number of rotatable bonds is 0. The Bertz CT molecular complexity index is 1380. The molecule has 1 aromatic carbocycles.